The maximum atomic E-state index is 12.2. The fourth-order valence-electron chi connectivity index (χ4n) is 1.03. The molecule has 1 rings (SSSR count). The lowest BCUT2D eigenvalue weighted by atomic mass is 10.1. The van der Waals surface area contributed by atoms with Crippen molar-refractivity contribution in [1.29, 1.82) is 0 Å². The fraction of sp³-hybridized carbons (Fsp3) is 0.778. The zero-order valence-electron chi connectivity index (χ0n) is 9.04. The molecule has 0 spiro atoms. The van der Waals surface area contributed by atoms with Crippen LogP contribution in [-0.2, 0) is 6.18 Å². The van der Waals surface area contributed by atoms with Crippen LogP contribution in [0.2, 0.25) is 0 Å². The summed E-state index contributed by atoms with van der Waals surface area (Å²) in [6.07, 6.45) is -2.30. The van der Waals surface area contributed by atoms with E-state index >= 15 is 0 Å². The summed E-state index contributed by atoms with van der Waals surface area (Å²) in [6.45, 7) is 4.24. The minimum Gasteiger partial charge on any atom is -0.164 e. The Bertz CT molecular complexity index is 323. The van der Waals surface area contributed by atoms with E-state index in [4.69, 9.17) is 0 Å². The highest BCUT2D eigenvalue weighted by Gasteiger charge is 2.35. The lowest BCUT2D eigenvalue weighted by Gasteiger charge is -2.01. The van der Waals surface area contributed by atoms with Gasteiger partial charge in [0.1, 0.15) is 0 Å². The average molecular weight is 270 g/mol. The van der Waals surface area contributed by atoms with E-state index in [9.17, 15) is 13.2 Å². The van der Waals surface area contributed by atoms with E-state index in [2.05, 4.69) is 24.0 Å². The molecule has 0 N–H and O–H groups in total. The molecular formula is C9H13F3N2S2. The molecule has 0 aromatic carbocycles. The highest BCUT2D eigenvalue weighted by atomic mass is 32.2. The van der Waals surface area contributed by atoms with Gasteiger partial charge in [-0.3, -0.25) is 0 Å². The summed E-state index contributed by atoms with van der Waals surface area (Å²) in [5.41, 5.74) is 0. The molecule has 16 heavy (non-hydrogen) atoms. The van der Waals surface area contributed by atoms with Gasteiger partial charge in [-0.05, 0) is 12.3 Å². The van der Waals surface area contributed by atoms with Gasteiger partial charge in [0, 0.05) is 5.75 Å². The highest BCUT2D eigenvalue weighted by Crippen LogP contribution is 2.34. The molecule has 1 aromatic rings. The molecule has 2 nitrogen and oxygen atoms in total. The second kappa shape index (κ2) is 5.86. The molecule has 0 bridgehead atoms. The number of halogens is 3. The van der Waals surface area contributed by atoms with Crippen LogP contribution in [0.3, 0.4) is 0 Å². The van der Waals surface area contributed by atoms with Crippen molar-refractivity contribution in [3.8, 4) is 0 Å². The van der Waals surface area contributed by atoms with Gasteiger partial charge in [-0.25, -0.2) is 0 Å². The maximum Gasteiger partial charge on any atom is 0.445 e. The molecule has 0 amide bonds. The van der Waals surface area contributed by atoms with Gasteiger partial charge >= 0.3 is 6.18 Å². The standard InChI is InChI=1S/C9H13F3N2S2/c1-6(2)4-3-5-15-8-14-13-7(16-8)9(10,11)12/h6H,3-5H2,1-2H3. The summed E-state index contributed by atoms with van der Waals surface area (Å²) in [6, 6.07) is 0. The van der Waals surface area contributed by atoms with Crippen LogP contribution in [0.5, 0.6) is 0 Å². The van der Waals surface area contributed by atoms with Crippen molar-refractivity contribution in [2.24, 2.45) is 5.92 Å². The number of hydrogen-bond donors (Lipinski definition) is 0. The Kier molecular flexibility index (Phi) is 5.04. The minimum absolute atomic E-state index is 0.399. The van der Waals surface area contributed by atoms with Crippen LogP contribution < -0.4 is 0 Å². The van der Waals surface area contributed by atoms with E-state index in [1.54, 1.807) is 0 Å². The fourth-order valence-corrected chi connectivity index (χ4v) is 2.78. The quantitative estimate of drug-likeness (QED) is 0.595. The molecule has 0 aliphatic heterocycles. The number of thioether (sulfide) groups is 1. The Balaban J connectivity index is 2.36. The molecule has 0 saturated heterocycles. The summed E-state index contributed by atoms with van der Waals surface area (Å²) in [4.78, 5) is 0. The maximum absolute atomic E-state index is 12.2. The van der Waals surface area contributed by atoms with E-state index < -0.39 is 11.2 Å². The Morgan fingerprint density at radius 1 is 1.31 bits per heavy atom. The lowest BCUT2D eigenvalue weighted by molar-refractivity contribution is -0.138. The van der Waals surface area contributed by atoms with Crippen molar-refractivity contribution in [1.82, 2.24) is 10.2 Å². The van der Waals surface area contributed by atoms with Crippen molar-refractivity contribution in [2.75, 3.05) is 5.75 Å². The van der Waals surface area contributed by atoms with E-state index in [0.29, 0.717) is 21.6 Å². The Morgan fingerprint density at radius 3 is 2.50 bits per heavy atom. The molecule has 1 heterocycles. The summed E-state index contributed by atoms with van der Waals surface area (Å²) in [5, 5.41) is 5.77. The Morgan fingerprint density at radius 2 is 2.00 bits per heavy atom. The van der Waals surface area contributed by atoms with Gasteiger partial charge in [-0.2, -0.15) is 13.2 Å². The molecule has 92 valence electrons. The molecule has 7 heteroatoms. The lowest BCUT2D eigenvalue weighted by Crippen LogP contribution is -2.03. The van der Waals surface area contributed by atoms with Crippen LogP contribution in [0.25, 0.3) is 0 Å². The molecule has 0 unspecified atom stereocenters. The molecule has 0 radical (unpaired) electrons. The van der Waals surface area contributed by atoms with E-state index in [-0.39, 0.29) is 0 Å². The summed E-state index contributed by atoms with van der Waals surface area (Å²) >= 11 is 1.96. The van der Waals surface area contributed by atoms with Crippen molar-refractivity contribution in [3.05, 3.63) is 5.01 Å². The third-order valence-corrected chi connectivity index (χ3v) is 3.99. The molecule has 0 aliphatic rings. The first-order valence-corrected chi connectivity index (χ1v) is 6.73. The predicted octanol–water partition coefficient (Wildman–Crippen LogP) is 4.09. The van der Waals surface area contributed by atoms with Crippen LogP contribution in [0, 0.1) is 5.92 Å². The van der Waals surface area contributed by atoms with Gasteiger partial charge < -0.3 is 0 Å². The molecule has 0 aliphatic carbocycles. The van der Waals surface area contributed by atoms with Crippen molar-refractivity contribution < 1.29 is 13.2 Å². The summed E-state index contributed by atoms with van der Waals surface area (Å²) in [5.74, 6) is 1.42. The smallest absolute Gasteiger partial charge is 0.164 e. The van der Waals surface area contributed by atoms with E-state index in [0.717, 1.165) is 18.6 Å². The number of nitrogens with zero attached hydrogens (tertiary/aromatic N) is 2. The first-order valence-electron chi connectivity index (χ1n) is 4.93. The molecule has 0 saturated carbocycles. The normalized spacial score (nSPS) is 12.4. The third-order valence-electron chi connectivity index (χ3n) is 1.80. The SMILES string of the molecule is CC(C)CCCSc1nnc(C(F)(F)F)s1. The van der Waals surface area contributed by atoms with Crippen molar-refractivity contribution >= 4 is 23.1 Å². The summed E-state index contributed by atoms with van der Waals surface area (Å²) in [7, 11) is 0. The van der Waals surface area contributed by atoms with E-state index in [1.807, 2.05) is 0 Å². The second-order valence-corrected chi connectivity index (χ2v) is 6.07. The van der Waals surface area contributed by atoms with Crippen molar-refractivity contribution in [2.45, 2.75) is 37.2 Å². The van der Waals surface area contributed by atoms with Gasteiger partial charge in [-0.15, -0.1) is 10.2 Å². The number of rotatable bonds is 5. The third kappa shape index (κ3) is 4.69. The monoisotopic (exact) mass is 270 g/mol. The Labute approximate surface area is 101 Å². The van der Waals surface area contributed by atoms with Crippen molar-refractivity contribution in [3.63, 3.8) is 0 Å². The van der Waals surface area contributed by atoms with Crippen LogP contribution in [0.4, 0.5) is 13.2 Å². The van der Waals surface area contributed by atoms with Gasteiger partial charge in [-0.1, -0.05) is 43.4 Å². The van der Waals surface area contributed by atoms with E-state index in [1.165, 1.54) is 11.8 Å². The zero-order valence-corrected chi connectivity index (χ0v) is 10.7. The largest absolute Gasteiger partial charge is 0.445 e. The highest BCUT2D eigenvalue weighted by molar-refractivity contribution is 8.01. The van der Waals surface area contributed by atoms with Crippen LogP contribution in [-0.4, -0.2) is 16.0 Å². The van der Waals surface area contributed by atoms with Gasteiger partial charge in [0.2, 0.25) is 5.01 Å². The van der Waals surface area contributed by atoms with Gasteiger partial charge in [0.25, 0.3) is 0 Å². The van der Waals surface area contributed by atoms with Crippen LogP contribution >= 0.6 is 23.1 Å². The second-order valence-electron chi connectivity index (χ2n) is 3.76. The number of aromatic nitrogens is 2. The average Bonchev–Trinajstić information content (AvgIpc) is 2.59. The molecular weight excluding hydrogens is 257 g/mol. The Hall–Kier alpha value is -0.300. The minimum atomic E-state index is -4.37. The first-order chi connectivity index (χ1) is 7.39. The van der Waals surface area contributed by atoms with Gasteiger partial charge in [0.15, 0.2) is 4.34 Å². The molecule has 0 atom stereocenters. The zero-order chi connectivity index (χ0) is 12.2. The number of alkyl halides is 3. The topological polar surface area (TPSA) is 25.8 Å². The summed E-state index contributed by atoms with van der Waals surface area (Å²) < 4.78 is 37.0. The van der Waals surface area contributed by atoms with Crippen LogP contribution in [0.15, 0.2) is 4.34 Å². The van der Waals surface area contributed by atoms with Crippen LogP contribution in [0.1, 0.15) is 31.7 Å². The molecule has 0 fully saturated rings. The molecule has 1 aromatic heterocycles. The van der Waals surface area contributed by atoms with Gasteiger partial charge in [0.05, 0.1) is 0 Å². The number of hydrogen-bond acceptors (Lipinski definition) is 4. The predicted molar refractivity (Wildman–Crippen MR) is 59.7 cm³/mol. The first kappa shape index (κ1) is 13.8.